The number of hydrogen-bond donors (Lipinski definition) is 1. The van der Waals surface area contributed by atoms with Crippen molar-refractivity contribution in [2.24, 2.45) is 0 Å². The van der Waals surface area contributed by atoms with Gasteiger partial charge in [0.25, 0.3) is 0 Å². The number of carbonyl (C=O) groups excluding carboxylic acids is 1. The van der Waals surface area contributed by atoms with Crippen molar-refractivity contribution >= 4 is 46.0 Å². The summed E-state index contributed by atoms with van der Waals surface area (Å²) < 4.78 is 0. The Kier molecular flexibility index (Phi) is 5.45. The molecule has 26 heavy (non-hydrogen) atoms. The summed E-state index contributed by atoms with van der Waals surface area (Å²) in [6.07, 6.45) is 3.07. The highest BCUT2D eigenvalue weighted by Crippen LogP contribution is 2.39. The number of nitrogens with zero attached hydrogens (tertiary/aromatic N) is 1. The predicted octanol–water partition coefficient (Wildman–Crippen LogP) is 5.12. The molecule has 0 fully saturated rings. The van der Waals surface area contributed by atoms with Gasteiger partial charge in [0.2, 0.25) is 5.91 Å². The van der Waals surface area contributed by atoms with Crippen LogP contribution < -0.4 is 5.32 Å². The molecule has 1 aliphatic heterocycles. The first kappa shape index (κ1) is 17.8. The molecule has 1 amide bonds. The van der Waals surface area contributed by atoms with Gasteiger partial charge in [0.15, 0.2) is 0 Å². The first-order chi connectivity index (χ1) is 12.7. The molecule has 3 heterocycles. The van der Waals surface area contributed by atoms with Crippen molar-refractivity contribution in [1.29, 1.82) is 0 Å². The molecule has 0 unspecified atom stereocenters. The fraction of sp³-hybridized carbons (Fsp3) is 0.250. The Morgan fingerprint density at radius 3 is 2.77 bits per heavy atom. The predicted molar refractivity (Wildman–Crippen MR) is 113 cm³/mol. The Morgan fingerprint density at radius 2 is 2.04 bits per heavy atom. The average molecular weight is 401 g/mol. The maximum Gasteiger partial charge on any atom is 0.238 e. The number of amides is 1. The van der Waals surface area contributed by atoms with E-state index in [0.29, 0.717) is 6.54 Å². The van der Waals surface area contributed by atoms with Crippen LogP contribution in [0.3, 0.4) is 0 Å². The maximum atomic E-state index is 12.6. The zero-order valence-corrected chi connectivity index (χ0v) is 16.9. The maximum absolute atomic E-state index is 12.6. The van der Waals surface area contributed by atoms with Crippen LogP contribution >= 0.6 is 34.4 Å². The van der Waals surface area contributed by atoms with Crippen molar-refractivity contribution in [3.63, 3.8) is 0 Å². The molecule has 0 aliphatic carbocycles. The van der Waals surface area contributed by atoms with E-state index < -0.39 is 0 Å². The Morgan fingerprint density at radius 1 is 1.19 bits per heavy atom. The summed E-state index contributed by atoms with van der Waals surface area (Å²) in [7, 11) is 0. The molecule has 0 spiro atoms. The topological polar surface area (TPSA) is 32.3 Å². The van der Waals surface area contributed by atoms with E-state index in [2.05, 4.69) is 39.2 Å². The lowest BCUT2D eigenvalue weighted by atomic mass is 9.98. The van der Waals surface area contributed by atoms with E-state index in [0.717, 1.165) is 18.7 Å². The summed E-state index contributed by atoms with van der Waals surface area (Å²) in [5.41, 5.74) is 2.22. The third-order valence-corrected chi connectivity index (χ3v) is 7.26. The van der Waals surface area contributed by atoms with Gasteiger partial charge >= 0.3 is 0 Å². The molecule has 0 radical (unpaired) electrons. The molecule has 1 aliphatic rings. The number of anilines is 1. The van der Waals surface area contributed by atoms with E-state index in [4.69, 9.17) is 0 Å². The van der Waals surface area contributed by atoms with E-state index >= 15 is 0 Å². The highest BCUT2D eigenvalue weighted by molar-refractivity contribution is 7.98. The SMILES string of the molecule is CSc1ccc(NC(=O)CN2CCc3sccc3[C@@H]2c2cccs2)cc1. The van der Waals surface area contributed by atoms with Crippen LogP contribution in [0.25, 0.3) is 0 Å². The minimum absolute atomic E-state index is 0.0436. The number of thioether (sulfide) groups is 1. The van der Waals surface area contributed by atoms with Gasteiger partial charge in [-0.2, -0.15) is 0 Å². The lowest BCUT2D eigenvalue weighted by Crippen LogP contribution is -2.40. The third kappa shape index (κ3) is 3.74. The summed E-state index contributed by atoms with van der Waals surface area (Å²) >= 11 is 5.29. The average Bonchev–Trinajstić information content (AvgIpc) is 3.34. The minimum Gasteiger partial charge on any atom is -0.325 e. The Hall–Kier alpha value is -1.60. The molecule has 4 rings (SSSR count). The number of rotatable bonds is 5. The summed E-state index contributed by atoms with van der Waals surface area (Å²) in [6, 6.07) is 14.7. The number of thiophene rings is 2. The van der Waals surface area contributed by atoms with Gasteiger partial charge in [0.1, 0.15) is 0 Å². The molecule has 3 nitrogen and oxygen atoms in total. The Bertz CT molecular complexity index is 871. The summed E-state index contributed by atoms with van der Waals surface area (Å²) in [4.78, 5) is 18.9. The van der Waals surface area contributed by atoms with E-state index in [1.54, 1.807) is 23.1 Å². The van der Waals surface area contributed by atoms with Crippen LogP contribution in [0.15, 0.2) is 58.1 Å². The van der Waals surface area contributed by atoms with Crippen molar-refractivity contribution in [2.75, 3.05) is 24.7 Å². The first-order valence-corrected chi connectivity index (χ1v) is 11.5. The zero-order chi connectivity index (χ0) is 17.9. The lowest BCUT2D eigenvalue weighted by Gasteiger charge is -2.34. The van der Waals surface area contributed by atoms with Crippen molar-refractivity contribution in [2.45, 2.75) is 17.4 Å². The second kappa shape index (κ2) is 7.96. The summed E-state index contributed by atoms with van der Waals surface area (Å²) in [5.74, 6) is 0.0436. The summed E-state index contributed by atoms with van der Waals surface area (Å²) in [6.45, 7) is 1.32. The van der Waals surface area contributed by atoms with Crippen LogP contribution in [0.5, 0.6) is 0 Å². The van der Waals surface area contributed by atoms with Gasteiger partial charge in [-0.25, -0.2) is 0 Å². The highest BCUT2D eigenvalue weighted by Gasteiger charge is 2.31. The van der Waals surface area contributed by atoms with Crippen molar-refractivity contribution in [3.05, 3.63) is 68.5 Å². The molecular weight excluding hydrogens is 380 g/mol. The second-order valence-corrected chi connectivity index (χ2v) is 9.07. The van der Waals surface area contributed by atoms with Gasteiger partial charge in [-0.05, 0) is 65.4 Å². The smallest absolute Gasteiger partial charge is 0.238 e. The number of benzene rings is 1. The van der Waals surface area contributed by atoms with Crippen molar-refractivity contribution in [1.82, 2.24) is 4.90 Å². The largest absolute Gasteiger partial charge is 0.325 e. The molecule has 134 valence electrons. The minimum atomic E-state index is 0.0436. The van der Waals surface area contributed by atoms with Gasteiger partial charge in [-0.15, -0.1) is 34.4 Å². The second-order valence-electron chi connectivity index (χ2n) is 6.21. The van der Waals surface area contributed by atoms with Crippen molar-refractivity contribution < 1.29 is 4.79 Å². The standard InChI is InChI=1S/C20H20N2OS3/c1-24-15-6-4-14(5-7-15)21-19(23)13-22-10-8-17-16(9-12-26-17)20(22)18-3-2-11-25-18/h2-7,9,11-12,20H,8,10,13H2,1H3,(H,21,23)/t20-/m1/s1. The number of fused-ring (bicyclic) bond motifs is 1. The molecule has 3 aromatic rings. The fourth-order valence-electron chi connectivity index (χ4n) is 3.38. The fourth-order valence-corrected chi connectivity index (χ4v) is 5.57. The molecule has 6 heteroatoms. The number of hydrogen-bond acceptors (Lipinski definition) is 5. The molecule has 1 aromatic carbocycles. The molecule has 1 N–H and O–H groups in total. The van der Waals surface area contributed by atoms with Gasteiger partial charge < -0.3 is 5.32 Å². The zero-order valence-electron chi connectivity index (χ0n) is 14.5. The molecule has 0 saturated carbocycles. The Balaban J connectivity index is 1.50. The monoisotopic (exact) mass is 400 g/mol. The van der Waals surface area contributed by atoms with E-state index in [9.17, 15) is 4.79 Å². The quantitative estimate of drug-likeness (QED) is 0.604. The van der Waals surface area contributed by atoms with Gasteiger partial charge in [0.05, 0.1) is 12.6 Å². The summed E-state index contributed by atoms with van der Waals surface area (Å²) in [5, 5.41) is 7.32. The van der Waals surface area contributed by atoms with Crippen LogP contribution in [-0.4, -0.2) is 30.2 Å². The third-order valence-electron chi connectivity index (χ3n) is 4.60. The van der Waals surface area contributed by atoms with Crippen LogP contribution in [0.2, 0.25) is 0 Å². The van der Waals surface area contributed by atoms with E-state index in [1.807, 2.05) is 41.9 Å². The molecule has 0 saturated heterocycles. The molecular formula is C20H20N2OS3. The van der Waals surface area contributed by atoms with E-state index in [1.165, 1.54) is 20.2 Å². The number of nitrogens with one attached hydrogen (secondary N) is 1. The van der Waals surface area contributed by atoms with Crippen LogP contribution in [-0.2, 0) is 11.2 Å². The van der Waals surface area contributed by atoms with Crippen molar-refractivity contribution in [3.8, 4) is 0 Å². The molecule has 2 aromatic heterocycles. The number of carbonyl (C=O) groups is 1. The van der Waals surface area contributed by atoms with Gasteiger partial charge in [-0.1, -0.05) is 6.07 Å². The molecule has 0 bridgehead atoms. The highest BCUT2D eigenvalue weighted by atomic mass is 32.2. The van der Waals surface area contributed by atoms with Gasteiger partial charge in [0, 0.05) is 26.9 Å². The van der Waals surface area contributed by atoms with Crippen LogP contribution in [0.4, 0.5) is 5.69 Å². The van der Waals surface area contributed by atoms with Crippen LogP contribution in [0, 0.1) is 0 Å². The van der Waals surface area contributed by atoms with Crippen LogP contribution in [0.1, 0.15) is 21.4 Å². The lowest BCUT2D eigenvalue weighted by molar-refractivity contribution is -0.117. The van der Waals surface area contributed by atoms with E-state index in [-0.39, 0.29) is 11.9 Å². The normalized spacial score (nSPS) is 17.0. The van der Waals surface area contributed by atoms with Gasteiger partial charge in [-0.3, -0.25) is 9.69 Å². The molecule has 1 atom stereocenters. The Labute approximate surface area is 166 Å². The first-order valence-electron chi connectivity index (χ1n) is 8.52.